The predicted molar refractivity (Wildman–Crippen MR) is 80.5 cm³/mol. The molecule has 3 heteroatoms. The van der Waals surface area contributed by atoms with E-state index in [1.165, 1.54) is 38.6 Å². The molecular weight excluding hydrogens is 236 g/mol. The van der Waals surface area contributed by atoms with Crippen LogP contribution >= 0.6 is 0 Å². The molecule has 0 bridgehead atoms. The zero-order valence-electron chi connectivity index (χ0n) is 13.0. The standard InChI is InChI=1S/C16H32N2O/c1-4-13(3)11-18(5-2)12-16-9-8-15(19-16)10-17-14-6-7-14/h13-17H,4-12H2,1-3H3. The van der Waals surface area contributed by atoms with Crippen LogP contribution in [-0.4, -0.2) is 49.3 Å². The van der Waals surface area contributed by atoms with Crippen LogP contribution in [0.25, 0.3) is 0 Å². The van der Waals surface area contributed by atoms with Crippen LogP contribution in [-0.2, 0) is 4.74 Å². The molecule has 2 rings (SSSR count). The van der Waals surface area contributed by atoms with E-state index in [0.29, 0.717) is 12.2 Å². The average Bonchev–Trinajstić information content (AvgIpc) is 3.15. The molecule has 112 valence electrons. The molecule has 0 amide bonds. The molecule has 3 nitrogen and oxygen atoms in total. The van der Waals surface area contributed by atoms with Gasteiger partial charge in [-0.15, -0.1) is 0 Å². The molecule has 1 saturated carbocycles. The van der Waals surface area contributed by atoms with Crippen molar-refractivity contribution in [2.24, 2.45) is 5.92 Å². The Hall–Kier alpha value is -0.120. The molecule has 0 aromatic rings. The Bertz CT molecular complexity index is 255. The van der Waals surface area contributed by atoms with E-state index in [9.17, 15) is 0 Å². The zero-order valence-corrected chi connectivity index (χ0v) is 13.0. The van der Waals surface area contributed by atoms with Crippen molar-refractivity contribution in [2.75, 3.05) is 26.2 Å². The van der Waals surface area contributed by atoms with Crippen molar-refractivity contribution >= 4 is 0 Å². The summed E-state index contributed by atoms with van der Waals surface area (Å²) in [4.78, 5) is 2.57. The molecule has 0 aromatic carbocycles. The molecule has 3 unspecified atom stereocenters. The van der Waals surface area contributed by atoms with E-state index in [-0.39, 0.29) is 0 Å². The summed E-state index contributed by atoms with van der Waals surface area (Å²) in [7, 11) is 0. The Morgan fingerprint density at radius 1 is 1.16 bits per heavy atom. The first-order valence-corrected chi connectivity index (χ1v) is 8.32. The lowest BCUT2D eigenvalue weighted by Crippen LogP contribution is -2.36. The fourth-order valence-corrected chi connectivity index (χ4v) is 2.84. The minimum Gasteiger partial charge on any atom is -0.372 e. The van der Waals surface area contributed by atoms with Crippen molar-refractivity contribution in [1.82, 2.24) is 10.2 Å². The van der Waals surface area contributed by atoms with Crippen molar-refractivity contribution < 1.29 is 4.74 Å². The normalized spacial score (nSPS) is 29.1. The summed E-state index contributed by atoms with van der Waals surface area (Å²) in [5.74, 6) is 0.800. The Balaban J connectivity index is 1.64. The van der Waals surface area contributed by atoms with Crippen LogP contribution in [0.15, 0.2) is 0 Å². The quantitative estimate of drug-likeness (QED) is 0.696. The highest BCUT2D eigenvalue weighted by molar-refractivity contribution is 4.84. The maximum absolute atomic E-state index is 6.18. The Kier molecular flexibility index (Phi) is 6.11. The van der Waals surface area contributed by atoms with Gasteiger partial charge in [-0.1, -0.05) is 27.2 Å². The Morgan fingerprint density at radius 2 is 1.89 bits per heavy atom. The van der Waals surface area contributed by atoms with Crippen molar-refractivity contribution in [3.8, 4) is 0 Å². The topological polar surface area (TPSA) is 24.5 Å². The molecular formula is C16H32N2O. The number of hydrogen-bond acceptors (Lipinski definition) is 3. The van der Waals surface area contributed by atoms with Gasteiger partial charge in [0.2, 0.25) is 0 Å². The van der Waals surface area contributed by atoms with E-state index >= 15 is 0 Å². The smallest absolute Gasteiger partial charge is 0.0707 e. The largest absolute Gasteiger partial charge is 0.372 e. The van der Waals surface area contributed by atoms with E-state index in [0.717, 1.165) is 31.6 Å². The third kappa shape index (κ3) is 5.41. The van der Waals surface area contributed by atoms with Gasteiger partial charge in [0.25, 0.3) is 0 Å². The van der Waals surface area contributed by atoms with Gasteiger partial charge in [-0.3, -0.25) is 0 Å². The molecule has 0 radical (unpaired) electrons. The average molecular weight is 268 g/mol. The van der Waals surface area contributed by atoms with E-state index < -0.39 is 0 Å². The predicted octanol–water partition coefficient (Wildman–Crippen LogP) is 2.65. The highest BCUT2D eigenvalue weighted by Crippen LogP contribution is 2.23. The number of rotatable bonds is 9. The van der Waals surface area contributed by atoms with E-state index in [2.05, 4.69) is 31.0 Å². The van der Waals surface area contributed by atoms with Crippen molar-refractivity contribution in [3.63, 3.8) is 0 Å². The first-order chi connectivity index (χ1) is 9.21. The molecule has 3 atom stereocenters. The molecule has 0 spiro atoms. The lowest BCUT2D eigenvalue weighted by Gasteiger charge is -2.26. The van der Waals surface area contributed by atoms with Crippen LogP contribution in [0.4, 0.5) is 0 Å². The summed E-state index contributed by atoms with van der Waals surface area (Å²) in [5.41, 5.74) is 0. The van der Waals surface area contributed by atoms with Gasteiger partial charge >= 0.3 is 0 Å². The monoisotopic (exact) mass is 268 g/mol. The first kappa shape index (κ1) is 15.3. The van der Waals surface area contributed by atoms with E-state index in [4.69, 9.17) is 4.74 Å². The second-order valence-corrected chi connectivity index (χ2v) is 6.51. The number of nitrogens with one attached hydrogen (secondary N) is 1. The number of hydrogen-bond donors (Lipinski definition) is 1. The van der Waals surface area contributed by atoms with E-state index in [1.54, 1.807) is 0 Å². The fourth-order valence-electron chi connectivity index (χ4n) is 2.84. The Morgan fingerprint density at radius 3 is 2.53 bits per heavy atom. The first-order valence-electron chi connectivity index (χ1n) is 8.32. The molecule has 1 heterocycles. The molecule has 1 aliphatic heterocycles. The van der Waals surface area contributed by atoms with Crippen LogP contribution in [0.5, 0.6) is 0 Å². The Labute approximate surface area is 119 Å². The van der Waals surface area contributed by atoms with Gasteiger partial charge in [0.05, 0.1) is 12.2 Å². The van der Waals surface area contributed by atoms with Crippen LogP contribution in [0.3, 0.4) is 0 Å². The van der Waals surface area contributed by atoms with Crippen LogP contribution in [0, 0.1) is 5.92 Å². The molecule has 1 aliphatic carbocycles. The SMILES string of the molecule is CCC(C)CN(CC)CC1CCC(CNC2CC2)O1. The van der Waals surface area contributed by atoms with Gasteiger partial charge in [-0.05, 0) is 38.1 Å². The maximum Gasteiger partial charge on any atom is 0.0707 e. The molecule has 1 N–H and O–H groups in total. The summed E-state index contributed by atoms with van der Waals surface area (Å²) < 4.78 is 6.18. The minimum absolute atomic E-state index is 0.466. The number of nitrogens with zero attached hydrogens (tertiary/aromatic N) is 1. The molecule has 0 aromatic heterocycles. The third-order valence-corrected chi connectivity index (χ3v) is 4.58. The summed E-state index contributed by atoms with van der Waals surface area (Å²) in [5, 5.41) is 3.59. The fraction of sp³-hybridized carbons (Fsp3) is 1.00. The second kappa shape index (κ2) is 7.61. The van der Waals surface area contributed by atoms with Gasteiger partial charge in [0.15, 0.2) is 0 Å². The van der Waals surface area contributed by atoms with Crippen molar-refractivity contribution in [1.29, 1.82) is 0 Å². The van der Waals surface area contributed by atoms with Crippen molar-refractivity contribution in [3.05, 3.63) is 0 Å². The molecule has 2 fully saturated rings. The van der Waals surface area contributed by atoms with Gasteiger partial charge in [0, 0.05) is 25.7 Å². The van der Waals surface area contributed by atoms with Crippen LogP contribution < -0.4 is 5.32 Å². The minimum atomic E-state index is 0.466. The second-order valence-electron chi connectivity index (χ2n) is 6.51. The summed E-state index contributed by atoms with van der Waals surface area (Å²) in [6.07, 6.45) is 7.43. The van der Waals surface area contributed by atoms with Crippen LogP contribution in [0.1, 0.15) is 52.9 Å². The zero-order chi connectivity index (χ0) is 13.7. The lowest BCUT2D eigenvalue weighted by atomic mass is 10.1. The van der Waals surface area contributed by atoms with E-state index in [1.807, 2.05) is 0 Å². The number of ether oxygens (including phenoxy) is 1. The van der Waals surface area contributed by atoms with Gasteiger partial charge in [0.1, 0.15) is 0 Å². The highest BCUT2D eigenvalue weighted by Gasteiger charge is 2.28. The van der Waals surface area contributed by atoms with Crippen molar-refractivity contribution in [2.45, 2.75) is 71.1 Å². The number of likely N-dealkylation sites (N-methyl/N-ethyl adjacent to an activating group) is 1. The van der Waals surface area contributed by atoms with Gasteiger partial charge < -0.3 is 15.0 Å². The van der Waals surface area contributed by atoms with Crippen LogP contribution in [0.2, 0.25) is 0 Å². The van der Waals surface area contributed by atoms with Gasteiger partial charge in [-0.2, -0.15) is 0 Å². The van der Waals surface area contributed by atoms with Gasteiger partial charge in [-0.25, -0.2) is 0 Å². The summed E-state index contributed by atoms with van der Waals surface area (Å²) in [6.45, 7) is 11.5. The summed E-state index contributed by atoms with van der Waals surface area (Å²) >= 11 is 0. The lowest BCUT2D eigenvalue weighted by molar-refractivity contribution is 0.0217. The molecule has 1 saturated heterocycles. The molecule has 2 aliphatic rings. The third-order valence-electron chi connectivity index (χ3n) is 4.58. The maximum atomic E-state index is 6.18. The summed E-state index contributed by atoms with van der Waals surface area (Å²) in [6, 6.07) is 0.806. The highest BCUT2D eigenvalue weighted by atomic mass is 16.5. The molecule has 19 heavy (non-hydrogen) atoms.